The third-order valence-electron chi connectivity index (χ3n) is 2.01. The number of hydrogen-bond donors (Lipinski definition) is 2. The second-order valence-corrected chi connectivity index (χ2v) is 3.79. The molecular formula is C11H14ClFN2O2. The van der Waals surface area contributed by atoms with Crippen molar-refractivity contribution in [1.29, 1.82) is 0 Å². The van der Waals surface area contributed by atoms with Crippen LogP contribution in [0, 0.1) is 5.82 Å². The summed E-state index contributed by atoms with van der Waals surface area (Å²) in [5, 5.41) is 3.14. The van der Waals surface area contributed by atoms with E-state index in [9.17, 15) is 9.18 Å². The van der Waals surface area contributed by atoms with Crippen LogP contribution in [0.3, 0.4) is 0 Å². The molecule has 0 saturated heterocycles. The van der Waals surface area contributed by atoms with Crippen LogP contribution >= 0.6 is 11.6 Å². The SMILES string of the molecule is NC(=O)COCCNCc1cccc(F)c1Cl. The van der Waals surface area contributed by atoms with E-state index in [0.29, 0.717) is 25.3 Å². The minimum atomic E-state index is -0.502. The molecule has 0 saturated carbocycles. The zero-order valence-electron chi connectivity index (χ0n) is 9.21. The standard InChI is InChI=1S/C11H14ClFN2O2/c12-11-8(2-1-3-9(11)13)6-15-4-5-17-7-10(14)16/h1-3,15H,4-7H2,(H2,14,16). The molecule has 0 spiro atoms. The second kappa shape index (κ2) is 7.21. The Hall–Kier alpha value is -1.17. The molecule has 0 unspecified atom stereocenters. The molecule has 94 valence electrons. The van der Waals surface area contributed by atoms with E-state index in [1.165, 1.54) is 6.07 Å². The molecule has 0 radical (unpaired) electrons. The van der Waals surface area contributed by atoms with E-state index in [0.717, 1.165) is 0 Å². The lowest BCUT2D eigenvalue weighted by Crippen LogP contribution is -2.23. The first-order valence-corrected chi connectivity index (χ1v) is 5.48. The van der Waals surface area contributed by atoms with E-state index < -0.39 is 11.7 Å². The quantitative estimate of drug-likeness (QED) is 0.721. The molecule has 1 aromatic carbocycles. The normalized spacial score (nSPS) is 10.5. The summed E-state index contributed by atoms with van der Waals surface area (Å²) in [5.41, 5.74) is 5.57. The fourth-order valence-corrected chi connectivity index (χ4v) is 1.42. The lowest BCUT2D eigenvalue weighted by atomic mass is 10.2. The predicted molar refractivity (Wildman–Crippen MR) is 63.1 cm³/mol. The fourth-order valence-electron chi connectivity index (χ4n) is 1.23. The Labute approximate surface area is 104 Å². The molecule has 1 amide bonds. The Morgan fingerprint density at radius 2 is 2.29 bits per heavy atom. The number of carbonyl (C=O) groups excluding carboxylic acids is 1. The number of amides is 1. The zero-order chi connectivity index (χ0) is 12.7. The monoisotopic (exact) mass is 260 g/mol. The summed E-state index contributed by atoms with van der Waals surface area (Å²) in [6.45, 7) is 1.23. The molecular weight excluding hydrogens is 247 g/mol. The molecule has 0 atom stereocenters. The van der Waals surface area contributed by atoms with Crippen molar-refractivity contribution in [1.82, 2.24) is 5.32 Å². The smallest absolute Gasteiger partial charge is 0.243 e. The Balaban J connectivity index is 2.22. The van der Waals surface area contributed by atoms with Gasteiger partial charge in [0.05, 0.1) is 11.6 Å². The molecule has 6 heteroatoms. The molecule has 0 aromatic heterocycles. The topological polar surface area (TPSA) is 64.4 Å². The number of benzene rings is 1. The van der Waals surface area contributed by atoms with Gasteiger partial charge in [-0.25, -0.2) is 4.39 Å². The van der Waals surface area contributed by atoms with E-state index in [1.54, 1.807) is 12.1 Å². The van der Waals surface area contributed by atoms with E-state index in [2.05, 4.69) is 5.32 Å². The van der Waals surface area contributed by atoms with Gasteiger partial charge in [-0.05, 0) is 11.6 Å². The molecule has 0 aliphatic rings. The van der Waals surface area contributed by atoms with Crippen LogP contribution in [0.25, 0.3) is 0 Å². The first kappa shape index (κ1) is 13.9. The number of halogens is 2. The summed E-state index contributed by atoms with van der Waals surface area (Å²) >= 11 is 5.77. The molecule has 0 fully saturated rings. The molecule has 4 nitrogen and oxygen atoms in total. The minimum absolute atomic E-state index is 0.0948. The van der Waals surface area contributed by atoms with Crippen molar-refractivity contribution in [3.05, 3.63) is 34.6 Å². The van der Waals surface area contributed by atoms with Crippen molar-refractivity contribution < 1.29 is 13.9 Å². The Morgan fingerprint density at radius 3 is 3.00 bits per heavy atom. The van der Waals surface area contributed by atoms with Crippen LogP contribution in [0.2, 0.25) is 5.02 Å². The van der Waals surface area contributed by atoms with E-state index in [1.807, 2.05) is 0 Å². The number of nitrogens with one attached hydrogen (secondary N) is 1. The van der Waals surface area contributed by atoms with Gasteiger partial charge in [0.25, 0.3) is 0 Å². The van der Waals surface area contributed by atoms with Crippen LogP contribution < -0.4 is 11.1 Å². The predicted octanol–water partition coefficient (Wildman–Crippen LogP) is 1.07. The Morgan fingerprint density at radius 1 is 1.53 bits per heavy atom. The molecule has 3 N–H and O–H groups in total. The number of nitrogens with two attached hydrogens (primary N) is 1. The molecule has 1 aromatic rings. The largest absolute Gasteiger partial charge is 0.370 e. The number of hydrogen-bond acceptors (Lipinski definition) is 3. The summed E-state index contributed by atoms with van der Waals surface area (Å²) in [5.74, 6) is -0.936. The van der Waals surface area contributed by atoms with Crippen LogP contribution in [0.15, 0.2) is 18.2 Å². The van der Waals surface area contributed by atoms with Gasteiger partial charge in [-0.1, -0.05) is 23.7 Å². The van der Waals surface area contributed by atoms with Crippen LogP contribution in [0.4, 0.5) is 4.39 Å². The van der Waals surface area contributed by atoms with Crippen molar-refractivity contribution >= 4 is 17.5 Å². The number of carbonyl (C=O) groups is 1. The van der Waals surface area contributed by atoms with Crippen LogP contribution in [-0.4, -0.2) is 25.7 Å². The van der Waals surface area contributed by atoms with Gasteiger partial charge in [0.1, 0.15) is 12.4 Å². The Bertz CT molecular complexity index is 388. The Kier molecular flexibility index (Phi) is 5.90. The summed E-state index contributed by atoms with van der Waals surface area (Å²) < 4.78 is 18.0. The molecule has 17 heavy (non-hydrogen) atoms. The molecule has 0 aliphatic carbocycles. The highest BCUT2D eigenvalue weighted by atomic mass is 35.5. The fraction of sp³-hybridized carbons (Fsp3) is 0.364. The summed E-state index contributed by atoms with van der Waals surface area (Å²) in [4.78, 5) is 10.4. The molecule has 0 bridgehead atoms. The maximum Gasteiger partial charge on any atom is 0.243 e. The summed E-state index contributed by atoms with van der Waals surface area (Å²) in [6, 6.07) is 4.65. The van der Waals surface area contributed by atoms with E-state index in [4.69, 9.17) is 22.1 Å². The van der Waals surface area contributed by atoms with E-state index >= 15 is 0 Å². The highest BCUT2D eigenvalue weighted by Gasteiger charge is 2.04. The lowest BCUT2D eigenvalue weighted by molar-refractivity contribution is -0.122. The molecule has 0 heterocycles. The number of rotatable bonds is 7. The second-order valence-electron chi connectivity index (χ2n) is 3.41. The molecule has 0 aliphatic heterocycles. The number of ether oxygens (including phenoxy) is 1. The highest BCUT2D eigenvalue weighted by Crippen LogP contribution is 2.18. The van der Waals surface area contributed by atoms with E-state index in [-0.39, 0.29) is 11.6 Å². The van der Waals surface area contributed by atoms with Crippen molar-refractivity contribution in [2.24, 2.45) is 5.73 Å². The van der Waals surface area contributed by atoms with Gasteiger partial charge in [0, 0.05) is 13.1 Å². The highest BCUT2D eigenvalue weighted by molar-refractivity contribution is 6.31. The van der Waals surface area contributed by atoms with Crippen LogP contribution in [0.1, 0.15) is 5.56 Å². The van der Waals surface area contributed by atoms with Gasteiger partial charge < -0.3 is 15.8 Å². The minimum Gasteiger partial charge on any atom is -0.370 e. The van der Waals surface area contributed by atoms with Gasteiger partial charge in [0.15, 0.2) is 0 Å². The first-order chi connectivity index (χ1) is 8.11. The van der Waals surface area contributed by atoms with Crippen molar-refractivity contribution in [2.75, 3.05) is 19.8 Å². The summed E-state index contributed by atoms with van der Waals surface area (Å²) in [7, 11) is 0. The van der Waals surface area contributed by atoms with Crippen LogP contribution in [-0.2, 0) is 16.1 Å². The van der Waals surface area contributed by atoms with Crippen LogP contribution in [0.5, 0.6) is 0 Å². The average molecular weight is 261 g/mol. The average Bonchev–Trinajstić information content (AvgIpc) is 2.28. The van der Waals surface area contributed by atoms with Gasteiger partial charge in [-0.2, -0.15) is 0 Å². The zero-order valence-corrected chi connectivity index (χ0v) is 9.97. The van der Waals surface area contributed by atoms with Crippen molar-refractivity contribution in [3.8, 4) is 0 Å². The third kappa shape index (κ3) is 5.12. The van der Waals surface area contributed by atoms with Crippen molar-refractivity contribution in [3.63, 3.8) is 0 Å². The molecule has 1 rings (SSSR count). The third-order valence-corrected chi connectivity index (χ3v) is 2.44. The van der Waals surface area contributed by atoms with Gasteiger partial charge in [-0.15, -0.1) is 0 Å². The summed E-state index contributed by atoms with van der Waals surface area (Å²) in [6.07, 6.45) is 0. The van der Waals surface area contributed by atoms with Gasteiger partial charge in [-0.3, -0.25) is 4.79 Å². The lowest BCUT2D eigenvalue weighted by Gasteiger charge is -2.07. The maximum atomic E-state index is 13.1. The number of primary amides is 1. The first-order valence-electron chi connectivity index (χ1n) is 5.11. The van der Waals surface area contributed by atoms with Gasteiger partial charge in [0.2, 0.25) is 5.91 Å². The van der Waals surface area contributed by atoms with Gasteiger partial charge >= 0.3 is 0 Å². The maximum absolute atomic E-state index is 13.1. The van der Waals surface area contributed by atoms with Crippen molar-refractivity contribution in [2.45, 2.75) is 6.54 Å².